The summed E-state index contributed by atoms with van der Waals surface area (Å²) in [4.78, 5) is 15.1. The average Bonchev–Trinajstić information content (AvgIpc) is 3.32. The van der Waals surface area contributed by atoms with Gasteiger partial charge >= 0.3 is 0 Å². The molecule has 0 bridgehead atoms. The predicted octanol–water partition coefficient (Wildman–Crippen LogP) is 3.52. The molecule has 2 aliphatic heterocycles. The third kappa shape index (κ3) is 3.64. The lowest BCUT2D eigenvalue weighted by molar-refractivity contribution is 0.0728. The van der Waals surface area contributed by atoms with Crippen LogP contribution >= 0.6 is 12.4 Å². The zero-order chi connectivity index (χ0) is 17.2. The van der Waals surface area contributed by atoms with Crippen LogP contribution in [0.4, 0.5) is 0 Å². The van der Waals surface area contributed by atoms with Gasteiger partial charge in [0.25, 0.3) is 5.91 Å². The van der Waals surface area contributed by atoms with Gasteiger partial charge in [0.2, 0.25) is 0 Å². The van der Waals surface area contributed by atoms with Crippen molar-refractivity contribution in [3.05, 3.63) is 53.3 Å². The Morgan fingerprint density at radius 2 is 2.04 bits per heavy atom. The van der Waals surface area contributed by atoms with Gasteiger partial charge in [-0.3, -0.25) is 9.48 Å². The van der Waals surface area contributed by atoms with E-state index in [0.29, 0.717) is 11.7 Å². The highest BCUT2D eigenvalue weighted by Gasteiger charge is 2.32. The quantitative estimate of drug-likeness (QED) is 0.894. The molecule has 0 radical (unpaired) electrons. The summed E-state index contributed by atoms with van der Waals surface area (Å²) in [5.74, 6) is 0.0632. The van der Waals surface area contributed by atoms with Gasteiger partial charge in [0.05, 0.1) is 12.1 Å². The molecule has 0 aliphatic carbocycles. The van der Waals surface area contributed by atoms with E-state index in [-0.39, 0.29) is 24.4 Å². The molecule has 1 aromatic carbocycles. The average molecular weight is 375 g/mol. The van der Waals surface area contributed by atoms with Crippen molar-refractivity contribution in [2.24, 2.45) is 0 Å². The topological polar surface area (TPSA) is 50.2 Å². The van der Waals surface area contributed by atoms with E-state index >= 15 is 0 Å². The number of halogens is 1. The fourth-order valence-electron chi connectivity index (χ4n) is 4.16. The third-order valence-electron chi connectivity index (χ3n) is 5.53. The fourth-order valence-corrected chi connectivity index (χ4v) is 4.16. The summed E-state index contributed by atoms with van der Waals surface area (Å²) in [6.07, 6.45) is 6.33. The van der Waals surface area contributed by atoms with E-state index in [1.54, 1.807) is 0 Å². The molecule has 2 unspecified atom stereocenters. The number of carbonyl (C=O) groups excluding carboxylic acids is 1. The molecule has 1 N–H and O–H groups in total. The van der Waals surface area contributed by atoms with Gasteiger partial charge in [0.1, 0.15) is 5.69 Å². The molecular formula is C20H27ClN4O. The molecule has 3 heterocycles. The number of hydrogen-bond acceptors (Lipinski definition) is 3. The fraction of sp³-hybridized carbons (Fsp3) is 0.500. The monoisotopic (exact) mass is 374 g/mol. The summed E-state index contributed by atoms with van der Waals surface area (Å²) < 4.78 is 1.97. The smallest absolute Gasteiger partial charge is 0.274 e. The number of likely N-dealkylation sites (tertiary alicyclic amines) is 1. The van der Waals surface area contributed by atoms with Crippen molar-refractivity contribution in [3.8, 4) is 0 Å². The minimum absolute atomic E-state index is 0. The van der Waals surface area contributed by atoms with E-state index in [2.05, 4.69) is 41.6 Å². The maximum absolute atomic E-state index is 13.1. The highest BCUT2D eigenvalue weighted by Crippen LogP contribution is 2.34. The molecule has 1 aromatic heterocycles. The molecule has 0 spiro atoms. The van der Waals surface area contributed by atoms with E-state index in [9.17, 15) is 4.79 Å². The molecule has 2 fully saturated rings. The van der Waals surface area contributed by atoms with Gasteiger partial charge in [-0.15, -0.1) is 12.4 Å². The zero-order valence-electron chi connectivity index (χ0n) is 15.2. The van der Waals surface area contributed by atoms with Crippen LogP contribution in [0.25, 0.3) is 0 Å². The van der Waals surface area contributed by atoms with Crippen molar-refractivity contribution >= 4 is 18.3 Å². The van der Waals surface area contributed by atoms with E-state index in [0.717, 1.165) is 45.3 Å². The van der Waals surface area contributed by atoms with Crippen LogP contribution in [0.15, 0.2) is 36.5 Å². The first-order chi connectivity index (χ1) is 12.2. The largest absolute Gasteiger partial charge is 0.330 e. The number of nitrogens with one attached hydrogen (secondary N) is 1. The molecule has 26 heavy (non-hydrogen) atoms. The Balaban J connectivity index is 0.00000196. The zero-order valence-corrected chi connectivity index (χ0v) is 16.0. The van der Waals surface area contributed by atoms with Crippen LogP contribution in [-0.2, 0) is 0 Å². The molecule has 2 aromatic rings. The Morgan fingerprint density at radius 3 is 2.81 bits per heavy atom. The molecule has 0 saturated carbocycles. The van der Waals surface area contributed by atoms with Crippen molar-refractivity contribution in [2.45, 2.75) is 44.7 Å². The van der Waals surface area contributed by atoms with Crippen molar-refractivity contribution in [3.63, 3.8) is 0 Å². The molecular weight excluding hydrogens is 348 g/mol. The maximum atomic E-state index is 13.1. The van der Waals surface area contributed by atoms with Gasteiger partial charge in [0.15, 0.2) is 0 Å². The molecule has 2 atom stereocenters. The van der Waals surface area contributed by atoms with Gasteiger partial charge in [-0.1, -0.05) is 24.3 Å². The minimum Gasteiger partial charge on any atom is -0.330 e. The van der Waals surface area contributed by atoms with Gasteiger partial charge in [-0.25, -0.2) is 0 Å². The lowest BCUT2D eigenvalue weighted by Crippen LogP contribution is -2.33. The normalized spacial score (nSPS) is 22.9. The molecule has 5 nitrogen and oxygen atoms in total. The van der Waals surface area contributed by atoms with Crippen molar-refractivity contribution < 1.29 is 4.79 Å². The molecule has 4 rings (SSSR count). The minimum atomic E-state index is 0. The number of carbonyl (C=O) groups is 1. The van der Waals surface area contributed by atoms with Crippen molar-refractivity contribution in [1.29, 1.82) is 0 Å². The van der Waals surface area contributed by atoms with Gasteiger partial charge in [0, 0.05) is 19.3 Å². The Morgan fingerprint density at radius 1 is 1.19 bits per heavy atom. The number of piperidine rings is 1. The summed E-state index contributed by atoms with van der Waals surface area (Å²) in [6.45, 7) is 4.96. The molecule has 6 heteroatoms. The second kappa shape index (κ2) is 8.23. The number of aromatic nitrogens is 2. The summed E-state index contributed by atoms with van der Waals surface area (Å²) in [6, 6.07) is 10.8. The van der Waals surface area contributed by atoms with Crippen LogP contribution in [0.1, 0.15) is 59.4 Å². The Hall–Kier alpha value is -1.85. The molecule has 2 saturated heterocycles. The second-order valence-corrected chi connectivity index (χ2v) is 7.19. The number of benzene rings is 1. The SMILES string of the molecule is Cc1ccccc1C1CCCN1C(=O)c1ccn(C2CCCNC2)n1.Cl. The highest BCUT2D eigenvalue weighted by atomic mass is 35.5. The number of amides is 1. The van der Waals surface area contributed by atoms with Crippen LogP contribution in [0.3, 0.4) is 0 Å². The van der Waals surface area contributed by atoms with Crippen LogP contribution in [0.2, 0.25) is 0 Å². The maximum Gasteiger partial charge on any atom is 0.274 e. The first kappa shape index (κ1) is 18.9. The van der Waals surface area contributed by atoms with Crippen LogP contribution in [0, 0.1) is 6.92 Å². The first-order valence-electron chi connectivity index (χ1n) is 9.36. The summed E-state index contributed by atoms with van der Waals surface area (Å²) in [5, 5.41) is 8.02. The lowest BCUT2D eigenvalue weighted by atomic mass is 9.99. The van der Waals surface area contributed by atoms with Gasteiger partial charge in [-0.2, -0.15) is 5.10 Å². The third-order valence-corrected chi connectivity index (χ3v) is 5.53. The highest BCUT2D eigenvalue weighted by molar-refractivity contribution is 5.92. The van der Waals surface area contributed by atoms with E-state index in [1.807, 2.05) is 21.8 Å². The van der Waals surface area contributed by atoms with Crippen molar-refractivity contribution in [1.82, 2.24) is 20.0 Å². The Labute approximate surface area is 161 Å². The van der Waals surface area contributed by atoms with Crippen LogP contribution in [-0.4, -0.2) is 40.2 Å². The van der Waals surface area contributed by atoms with Crippen LogP contribution in [0.5, 0.6) is 0 Å². The number of hydrogen-bond donors (Lipinski definition) is 1. The Bertz CT molecular complexity index is 754. The summed E-state index contributed by atoms with van der Waals surface area (Å²) >= 11 is 0. The predicted molar refractivity (Wildman–Crippen MR) is 105 cm³/mol. The van der Waals surface area contributed by atoms with Gasteiger partial charge in [-0.05, 0) is 56.3 Å². The van der Waals surface area contributed by atoms with Crippen molar-refractivity contribution in [2.75, 3.05) is 19.6 Å². The first-order valence-corrected chi connectivity index (χ1v) is 9.36. The summed E-state index contributed by atoms with van der Waals surface area (Å²) in [5.41, 5.74) is 3.10. The standard InChI is InChI=1S/C20H26N4O.ClH/c1-15-6-2-3-8-17(15)19-9-5-12-23(19)20(25)18-10-13-24(22-18)16-7-4-11-21-14-16;/h2-3,6,8,10,13,16,19,21H,4-5,7,9,11-12,14H2,1H3;1H. The number of nitrogens with zero attached hydrogens (tertiary/aromatic N) is 3. The number of aryl methyl sites for hydroxylation is 1. The van der Waals surface area contributed by atoms with Crippen LogP contribution < -0.4 is 5.32 Å². The molecule has 140 valence electrons. The van der Waals surface area contributed by atoms with E-state index < -0.39 is 0 Å². The molecule has 1 amide bonds. The van der Waals surface area contributed by atoms with E-state index in [1.165, 1.54) is 11.1 Å². The summed E-state index contributed by atoms with van der Waals surface area (Å²) in [7, 11) is 0. The Kier molecular flexibility index (Phi) is 5.99. The van der Waals surface area contributed by atoms with Gasteiger partial charge < -0.3 is 10.2 Å². The second-order valence-electron chi connectivity index (χ2n) is 7.19. The van der Waals surface area contributed by atoms with E-state index in [4.69, 9.17) is 0 Å². The lowest BCUT2D eigenvalue weighted by Gasteiger charge is -2.26. The number of rotatable bonds is 3. The molecule has 2 aliphatic rings.